The molecular formula is C26H34ClN5O. The number of urea groups is 1. The van der Waals surface area contributed by atoms with E-state index in [0.29, 0.717) is 0 Å². The Morgan fingerprint density at radius 2 is 2.06 bits per heavy atom. The number of rotatable bonds is 6. The molecule has 4 heterocycles. The second-order valence-corrected chi connectivity index (χ2v) is 10.0. The number of carbonyl (C=O) groups is 1. The van der Waals surface area contributed by atoms with Crippen LogP contribution in [0.15, 0.2) is 36.5 Å². The Bertz CT molecular complexity index is 1010. The summed E-state index contributed by atoms with van der Waals surface area (Å²) >= 11 is 6.66. The minimum Gasteiger partial charge on any atom is -0.369 e. The van der Waals surface area contributed by atoms with Crippen LogP contribution in [-0.4, -0.2) is 55.2 Å². The summed E-state index contributed by atoms with van der Waals surface area (Å²) in [6.45, 7) is 7.65. The van der Waals surface area contributed by atoms with Crippen molar-refractivity contribution in [3.05, 3.63) is 52.7 Å². The van der Waals surface area contributed by atoms with Gasteiger partial charge in [-0.1, -0.05) is 30.7 Å². The van der Waals surface area contributed by atoms with Gasteiger partial charge in [0.2, 0.25) is 0 Å². The average molecular weight is 468 g/mol. The number of hydrogen-bond acceptors (Lipinski definition) is 4. The van der Waals surface area contributed by atoms with Crippen LogP contribution < -0.4 is 15.5 Å². The second kappa shape index (κ2) is 9.51. The number of pyridine rings is 1. The maximum absolute atomic E-state index is 13.4. The van der Waals surface area contributed by atoms with E-state index in [9.17, 15) is 4.79 Å². The zero-order valence-electron chi connectivity index (χ0n) is 19.4. The molecule has 0 radical (unpaired) electrons. The van der Waals surface area contributed by atoms with Gasteiger partial charge in [0.25, 0.3) is 0 Å². The molecule has 5 rings (SSSR count). The third kappa shape index (κ3) is 4.19. The Morgan fingerprint density at radius 3 is 2.88 bits per heavy atom. The van der Waals surface area contributed by atoms with E-state index in [4.69, 9.17) is 11.6 Å². The third-order valence-corrected chi connectivity index (χ3v) is 8.14. The molecule has 2 N–H and O–H groups in total. The molecule has 176 valence electrons. The summed E-state index contributed by atoms with van der Waals surface area (Å²) in [7, 11) is 0. The van der Waals surface area contributed by atoms with Crippen LogP contribution in [0, 0.1) is 5.92 Å². The molecule has 3 aliphatic rings. The Balaban J connectivity index is 1.37. The summed E-state index contributed by atoms with van der Waals surface area (Å²) in [5.41, 5.74) is 2.98. The zero-order chi connectivity index (χ0) is 22.8. The Morgan fingerprint density at radius 1 is 1.21 bits per heavy atom. The first-order valence-corrected chi connectivity index (χ1v) is 12.8. The van der Waals surface area contributed by atoms with Crippen molar-refractivity contribution in [2.24, 2.45) is 5.92 Å². The first-order valence-electron chi connectivity index (χ1n) is 12.4. The highest BCUT2D eigenvalue weighted by atomic mass is 35.5. The first kappa shape index (κ1) is 22.5. The number of nitrogens with one attached hydrogen (secondary N) is 2. The van der Waals surface area contributed by atoms with E-state index in [2.05, 4.69) is 51.7 Å². The van der Waals surface area contributed by atoms with Crippen LogP contribution in [0.25, 0.3) is 0 Å². The number of piperidine rings is 1. The van der Waals surface area contributed by atoms with Crippen molar-refractivity contribution in [2.75, 3.05) is 49.5 Å². The summed E-state index contributed by atoms with van der Waals surface area (Å²) in [5, 5.41) is 7.63. The van der Waals surface area contributed by atoms with Crippen LogP contribution in [0.2, 0.25) is 5.02 Å². The standard InChI is InChI=1S/C26H34ClN5O/c1-2-26(18-30-24-23(26)22(27)9-13-29-24)20-5-3-6-21(17-20)32-15-4-14-31(25(32)33)16-10-19-7-11-28-12-8-19/h3,5-6,9,13,17,19,28H,2,4,7-8,10-12,14-16,18H2,1H3,(H,29,30). The van der Waals surface area contributed by atoms with E-state index in [1.54, 1.807) is 6.20 Å². The Labute approximate surface area is 201 Å². The molecule has 1 aromatic heterocycles. The smallest absolute Gasteiger partial charge is 0.324 e. The number of hydrogen-bond donors (Lipinski definition) is 2. The number of anilines is 2. The maximum atomic E-state index is 13.4. The summed E-state index contributed by atoms with van der Waals surface area (Å²) in [4.78, 5) is 22.0. The maximum Gasteiger partial charge on any atom is 0.324 e. The topological polar surface area (TPSA) is 60.5 Å². The Kier molecular flexibility index (Phi) is 6.48. The molecule has 2 saturated heterocycles. The largest absolute Gasteiger partial charge is 0.369 e. The number of fused-ring (bicyclic) bond motifs is 1. The van der Waals surface area contributed by atoms with E-state index in [1.165, 1.54) is 18.4 Å². The highest BCUT2D eigenvalue weighted by Crippen LogP contribution is 2.47. The molecule has 0 spiro atoms. The predicted octanol–water partition coefficient (Wildman–Crippen LogP) is 4.88. The Hall–Kier alpha value is -2.31. The van der Waals surface area contributed by atoms with E-state index in [0.717, 1.165) is 86.5 Å². The van der Waals surface area contributed by atoms with Crippen LogP contribution in [0.4, 0.5) is 16.3 Å². The fourth-order valence-corrected chi connectivity index (χ4v) is 6.14. The first-order chi connectivity index (χ1) is 16.1. The van der Waals surface area contributed by atoms with Gasteiger partial charge < -0.3 is 15.5 Å². The van der Waals surface area contributed by atoms with Gasteiger partial charge in [-0.05, 0) is 74.9 Å². The van der Waals surface area contributed by atoms with Gasteiger partial charge in [0.1, 0.15) is 5.82 Å². The predicted molar refractivity (Wildman–Crippen MR) is 134 cm³/mol. The number of amides is 2. The van der Waals surface area contributed by atoms with Crippen LogP contribution in [0.1, 0.15) is 50.2 Å². The van der Waals surface area contributed by atoms with Crippen molar-refractivity contribution in [3.8, 4) is 0 Å². The molecule has 33 heavy (non-hydrogen) atoms. The van der Waals surface area contributed by atoms with Gasteiger partial charge in [-0.2, -0.15) is 0 Å². The number of aromatic nitrogens is 1. The highest BCUT2D eigenvalue weighted by molar-refractivity contribution is 6.32. The lowest BCUT2D eigenvalue weighted by Crippen LogP contribution is -2.50. The number of benzene rings is 1. The lowest BCUT2D eigenvalue weighted by Gasteiger charge is -2.37. The normalized spacial score (nSPS) is 23.5. The highest BCUT2D eigenvalue weighted by Gasteiger charge is 2.42. The fraction of sp³-hybridized carbons (Fsp3) is 0.538. The molecular weight excluding hydrogens is 434 g/mol. The van der Waals surface area contributed by atoms with E-state index in [1.807, 2.05) is 11.0 Å². The molecule has 1 aromatic carbocycles. The minimum atomic E-state index is -0.246. The lowest BCUT2D eigenvalue weighted by atomic mass is 9.74. The van der Waals surface area contributed by atoms with E-state index >= 15 is 0 Å². The van der Waals surface area contributed by atoms with E-state index < -0.39 is 0 Å². The molecule has 1 unspecified atom stereocenters. The SMILES string of the molecule is CCC1(c2cccc(N3CCCN(CCC4CCNCC4)C3=O)c2)CNc2nccc(Cl)c21. The summed E-state index contributed by atoms with van der Waals surface area (Å²) in [5.74, 6) is 1.60. The molecule has 6 nitrogen and oxygen atoms in total. The number of nitrogens with zero attached hydrogens (tertiary/aromatic N) is 3. The fourth-order valence-electron chi connectivity index (χ4n) is 5.81. The molecule has 0 bridgehead atoms. The van der Waals surface area contributed by atoms with Crippen molar-refractivity contribution in [1.82, 2.24) is 15.2 Å². The van der Waals surface area contributed by atoms with Gasteiger partial charge in [0.15, 0.2) is 0 Å². The van der Waals surface area contributed by atoms with Crippen LogP contribution in [0.5, 0.6) is 0 Å². The molecule has 0 saturated carbocycles. The van der Waals surface area contributed by atoms with Crippen LogP contribution in [-0.2, 0) is 5.41 Å². The van der Waals surface area contributed by atoms with Gasteiger partial charge in [0.05, 0.1) is 0 Å². The molecule has 2 amide bonds. The molecule has 3 aliphatic heterocycles. The third-order valence-electron chi connectivity index (χ3n) is 7.83. The van der Waals surface area contributed by atoms with Crippen molar-refractivity contribution in [2.45, 2.75) is 44.4 Å². The van der Waals surface area contributed by atoms with Gasteiger partial charge in [-0.25, -0.2) is 9.78 Å². The summed E-state index contributed by atoms with van der Waals surface area (Å²) in [6, 6.07) is 10.5. The lowest BCUT2D eigenvalue weighted by molar-refractivity contribution is 0.188. The molecule has 2 fully saturated rings. The zero-order valence-corrected chi connectivity index (χ0v) is 20.2. The summed E-state index contributed by atoms with van der Waals surface area (Å²) in [6.07, 6.45) is 7.20. The quantitative estimate of drug-likeness (QED) is 0.635. The summed E-state index contributed by atoms with van der Waals surface area (Å²) < 4.78 is 0. The van der Waals surface area contributed by atoms with Crippen molar-refractivity contribution >= 4 is 29.1 Å². The molecule has 7 heteroatoms. The number of halogens is 1. The van der Waals surface area contributed by atoms with Crippen LogP contribution >= 0.6 is 11.6 Å². The second-order valence-electron chi connectivity index (χ2n) is 9.61. The van der Waals surface area contributed by atoms with Crippen molar-refractivity contribution in [3.63, 3.8) is 0 Å². The van der Waals surface area contributed by atoms with E-state index in [-0.39, 0.29) is 11.4 Å². The van der Waals surface area contributed by atoms with Crippen molar-refractivity contribution in [1.29, 1.82) is 0 Å². The van der Waals surface area contributed by atoms with Gasteiger partial charge in [0, 0.05) is 54.1 Å². The monoisotopic (exact) mass is 467 g/mol. The molecule has 2 aromatic rings. The van der Waals surface area contributed by atoms with Crippen molar-refractivity contribution < 1.29 is 4.79 Å². The van der Waals surface area contributed by atoms with Gasteiger partial charge in [-0.3, -0.25) is 4.90 Å². The molecule has 1 atom stereocenters. The average Bonchev–Trinajstić information content (AvgIpc) is 3.25. The minimum absolute atomic E-state index is 0.141. The molecule has 0 aliphatic carbocycles. The van der Waals surface area contributed by atoms with Gasteiger partial charge in [-0.15, -0.1) is 0 Å². The van der Waals surface area contributed by atoms with Gasteiger partial charge >= 0.3 is 6.03 Å². The van der Waals surface area contributed by atoms with Crippen LogP contribution in [0.3, 0.4) is 0 Å². The number of carbonyl (C=O) groups excluding carboxylic acids is 1.